The van der Waals surface area contributed by atoms with E-state index in [0.717, 1.165) is 177 Å². The summed E-state index contributed by atoms with van der Waals surface area (Å²) in [5, 5.41) is 33.1. The van der Waals surface area contributed by atoms with Gasteiger partial charge in [-0.2, -0.15) is 0 Å². The number of benzene rings is 15. The molecule has 6 nitrogen and oxygen atoms in total. The molecule has 6 heteroatoms. The number of rotatable bonds is 12. The monoisotopic (exact) mass is 1140 g/mol. The minimum atomic E-state index is 0.258. The lowest BCUT2D eigenvalue weighted by Crippen LogP contribution is -1.95. The maximum absolute atomic E-state index is 10.2. The standard InChI is InChI=1S/C82H58O6/c1-85-75-37-31-57-19-25-63(51-9-5-49(6-10-51)61-23-17-55-29-35-69(83)43-67(55)41-61)45-71(57)79(75)81-73-47-65(27-21-59(73)33-39-77(81)87-3)53-13-15-54(16-14-53)66-28-22-60-34-40-78(88-4)82(74(60)48-66)80-72-46-64(26-20-58(72)32-38-76(80)86-2)52-11-7-50(8-12-52)62-24-18-56-30-36-70(84)44-68(56)42-62/h5-48,83-84H,1-4H3. The van der Waals surface area contributed by atoms with E-state index >= 15 is 0 Å². The number of ether oxygens (including phenoxy) is 4. The lowest BCUT2D eigenvalue weighted by Gasteiger charge is -2.19. The second-order valence-corrected chi connectivity index (χ2v) is 22.5. The number of methoxy groups -OCH3 is 4. The first-order valence-corrected chi connectivity index (χ1v) is 29.4. The smallest absolute Gasteiger partial charge is 0.127 e. The molecule has 0 aliphatic rings. The average Bonchev–Trinajstić information content (AvgIpc) is 1.03. The Kier molecular flexibility index (Phi) is 13.3. The molecule has 0 spiro atoms. The van der Waals surface area contributed by atoms with Gasteiger partial charge in [0, 0.05) is 22.3 Å². The molecule has 15 aromatic carbocycles. The van der Waals surface area contributed by atoms with Gasteiger partial charge in [-0.05, 0) is 216 Å². The van der Waals surface area contributed by atoms with Crippen molar-refractivity contribution in [3.63, 3.8) is 0 Å². The van der Waals surface area contributed by atoms with Crippen LogP contribution in [0.25, 0.3) is 154 Å². The van der Waals surface area contributed by atoms with Gasteiger partial charge in [0.2, 0.25) is 0 Å². The lowest BCUT2D eigenvalue weighted by molar-refractivity contribution is 0.411. The summed E-state index contributed by atoms with van der Waals surface area (Å²) >= 11 is 0. The Morgan fingerprint density at radius 1 is 0.182 bits per heavy atom. The third-order valence-corrected chi connectivity index (χ3v) is 17.6. The highest BCUT2D eigenvalue weighted by atomic mass is 16.5. The van der Waals surface area contributed by atoms with Gasteiger partial charge >= 0.3 is 0 Å². The van der Waals surface area contributed by atoms with Crippen LogP contribution in [0.15, 0.2) is 267 Å². The highest BCUT2D eigenvalue weighted by Gasteiger charge is 2.23. The molecule has 0 unspecified atom stereocenters. The molecule has 88 heavy (non-hydrogen) atoms. The average molecular weight is 1140 g/mol. The quantitative estimate of drug-likeness (QED) is 0.127. The highest BCUT2D eigenvalue weighted by Crippen LogP contribution is 2.49. The van der Waals surface area contributed by atoms with E-state index in [2.05, 4.69) is 231 Å². The maximum atomic E-state index is 10.2. The third-order valence-electron chi connectivity index (χ3n) is 17.6. The number of phenolic OH excluding ortho intramolecular Hbond substituents is 2. The zero-order chi connectivity index (χ0) is 59.6. The number of hydrogen-bond donors (Lipinski definition) is 2. The summed E-state index contributed by atoms with van der Waals surface area (Å²) in [6, 6.07) is 93.2. The van der Waals surface area contributed by atoms with Crippen molar-refractivity contribution >= 4 is 64.6 Å². The van der Waals surface area contributed by atoms with Gasteiger partial charge in [0.1, 0.15) is 34.5 Å². The largest absolute Gasteiger partial charge is 0.508 e. The predicted molar refractivity (Wildman–Crippen MR) is 365 cm³/mol. The van der Waals surface area contributed by atoms with Crippen LogP contribution in [0, 0.1) is 0 Å². The van der Waals surface area contributed by atoms with Crippen LogP contribution in [0.5, 0.6) is 34.5 Å². The van der Waals surface area contributed by atoms with Crippen LogP contribution < -0.4 is 18.9 Å². The molecule has 422 valence electrons. The van der Waals surface area contributed by atoms with Crippen molar-refractivity contribution in [1.82, 2.24) is 0 Å². The molecule has 0 aliphatic carbocycles. The molecule has 0 heterocycles. The van der Waals surface area contributed by atoms with E-state index in [-0.39, 0.29) is 11.5 Å². The molecule has 0 amide bonds. The van der Waals surface area contributed by atoms with Crippen molar-refractivity contribution in [3.8, 4) is 124 Å². The Balaban J connectivity index is 0.773. The summed E-state index contributed by atoms with van der Waals surface area (Å²) in [6.45, 7) is 0. The van der Waals surface area contributed by atoms with Crippen LogP contribution in [-0.4, -0.2) is 38.7 Å². The van der Waals surface area contributed by atoms with Gasteiger partial charge in [0.15, 0.2) is 0 Å². The van der Waals surface area contributed by atoms with Crippen LogP contribution in [0.2, 0.25) is 0 Å². The molecule has 0 aliphatic heterocycles. The fraction of sp³-hybridized carbons (Fsp3) is 0.0488. The minimum Gasteiger partial charge on any atom is -0.508 e. The van der Waals surface area contributed by atoms with E-state index < -0.39 is 0 Å². The first-order valence-electron chi connectivity index (χ1n) is 29.4. The van der Waals surface area contributed by atoms with E-state index in [1.54, 1.807) is 40.6 Å². The van der Waals surface area contributed by atoms with Crippen molar-refractivity contribution in [2.45, 2.75) is 0 Å². The van der Waals surface area contributed by atoms with Crippen molar-refractivity contribution in [2.24, 2.45) is 0 Å². The van der Waals surface area contributed by atoms with E-state index in [1.807, 2.05) is 24.3 Å². The summed E-state index contributed by atoms with van der Waals surface area (Å²) in [6.07, 6.45) is 0. The van der Waals surface area contributed by atoms with Crippen LogP contribution >= 0.6 is 0 Å². The second-order valence-electron chi connectivity index (χ2n) is 22.5. The van der Waals surface area contributed by atoms with E-state index in [0.29, 0.717) is 0 Å². The second kappa shape index (κ2) is 21.9. The Morgan fingerprint density at radius 2 is 0.375 bits per heavy atom. The molecule has 0 atom stereocenters. The van der Waals surface area contributed by atoms with Crippen LogP contribution in [0.3, 0.4) is 0 Å². The molecule has 0 bridgehead atoms. The molecule has 15 rings (SSSR count). The molecule has 0 saturated carbocycles. The normalized spacial score (nSPS) is 11.5. The number of hydrogen-bond acceptors (Lipinski definition) is 6. The molecular formula is C82H58O6. The lowest BCUT2D eigenvalue weighted by atomic mass is 9.88. The van der Waals surface area contributed by atoms with E-state index in [4.69, 9.17) is 18.9 Å². The molecule has 0 aromatic heterocycles. The topological polar surface area (TPSA) is 77.4 Å². The van der Waals surface area contributed by atoms with Gasteiger partial charge < -0.3 is 29.2 Å². The van der Waals surface area contributed by atoms with Crippen LogP contribution in [0.1, 0.15) is 0 Å². The molecule has 2 N–H and O–H groups in total. The molecule has 0 saturated heterocycles. The zero-order valence-electron chi connectivity index (χ0n) is 48.9. The van der Waals surface area contributed by atoms with Crippen LogP contribution in [0.4, 0.5) is 0 Å². The first kappa shape index (κ1) is 53.4. The minimum absolute atomic E-state index is 0.258. The number of fused-ring (bicyclic) bond motifs is 6. The predicted octanol–water partition coefficient (Wildman–Crippen LogP) is 21.4. The Labute approximate surface area is 509 Å². The Bertz CT molecular complexity index is 4930. The summed E-state index contributed by atoms with van der Waals surface area (Å²) in [5.41, 5.74) is 16.9. The fourth-order valence-corrected chi connectivity index (χ4v) is 13.0. The van der Waals surface area contributed by atoms with Crippen molar-refractivity contribution in [2.75, 3.05) is 28.4 Å². The summed E-state index contributed by atoms with van der Waals surface area (Å²) in [4.78, 5) is 0. The SMILES string of the molecule is COc1ccc2ccc(-c3ccc(-c4ccc5ccc(O)cc5c4)cc3)cc2c1-c1c(OC)ccc2ccc(-c3ccc(-c4ccc5ccc(OC)c(-c6c(OC)ccc7ccc(-c8ccc(-c9ccc%10ccc(O)cc%10c9)cc8)cc67)c5c4)cc3)cc12. The zero-order valence-corrected chi connectivity index (χ0v) is 48.9. The first-order chi connectivity index (χ1) is 43.2. The third kappa shape index (κ3) is 9.49. The van der Waals surface area contributed by atoms with E-state index in [1.165, 1.54) is 0 Å². The fourth-order valence-electron chi connectivity index (χ4n) is 13.0. The van der Waals surface area contributed by atoms with Gasteiger partial charge in [-0.1, -0.05) is 182 Å². The summed E-state index contributed by atoms with van der Waals surface area (Å²) in [5.74, 6) is 3.54. The van der Waals surface area contributed by atoms with Gasteiger partial charge in [-0.25, -0.2) is 0 Å². The van der Waals surface area contributed by atoms with Crippen LogP contribution in [-0.2, 0) is 0 Å². The summed E-state index contributed by atoms with van der Waals surface area (Å²) < 4.78 is 25.0. The molecule has 0 radical (unpaired) electrons. The van der Waals surface area contributed by atoms with Crippen molar-refractivity contribution < 1.29 is 29.2 Å². The maximum Gasteiger partial charge on any atom is 0.127 e. The van der Waals surface area contributed by atoms with Gasteiger partial charge in [0.25, 0.3) is 0 Å². The number of phenols is 2. The molecule has 15 aromatic rings. The molecular weight excluding hydrogens is 1080 g/mol. The molecule has 0 fully saturated rings. The van der Waals surface area contributed by atoms with Gasteiger partial charge in [0.05, 0.1) is 28.4 Å². The van der Waals surface area contributed by atoms with Gasteiger partial charge in [-0.3, -0.25) is 0 Å². The summed E-state index contributed by atoms with van der Waals surface area (Å²) in [7, 11) is 6.94. The Hall–Kier alpha value is -11.3. The highest BCUT2D eigenvalue weighted by molar-refractivity contribution is 6.13. The van der Waals surface area contributed by atoms with Crippen molar-refractivity contribution in [3.05, 3.63) is 267 Å². The number of aromatic hydroxyl groups is 2. The Morgan fingerprint density at radius 3 is 0.614 bits per heavy atom. The van der Waals surface area contributed by atoms with Gasteiger partial charge in [-0.15, -0.1) is 0 Å². The van der Waals surface area contributed by atoms with Crippen molar-refractivity contribution in [1.29, 1.82) is 0 Å². The van der Waals surface area contributed by atoms with E-state index in [9.17, 15) is 10.2 Å².